The van der Waals surface area contributed by atoms with Crippen molar-refractivity contribution in [1.82, 2.24) is 4.90 Å². The van der Waals surface area contributed by atoms with Gasteiger partial charge in [0.15, 0.2) is 0 Å². The Kier molecular flexibility index (Phi) is 3.88. The zero-order valence-electron chi connectivity index (χ0n) is 7.32. The second-order valence-electron chi connectivity index (χ2n) is 2.91. The molecule has 1 aliphatic rings. The van der Waals surface area contributed by atoms with Gasteiger partial charge in [-0.3, -0.25) is 9.69 Å². The highest BCUT2D eigenvalue weighted by atomic mass is 32.2. The third-order valence-electron chi connectivity index (χ3n) is 2.16. The Morgan fingerprint density at radius 3 is 2.58 bits per heavy atom. The summed E-state index contributed by atoms with van der Waals surface area (Å²) in [6.07, 6.45) is 0.708. The highest BCUT2D eigenvalue weighted by Crippen LogP contribution is 2.13. The zero-order valence-corrected chi connectivity index (χ0v) is 8.14. The van der Waals surface area contributed by atoms with Crippen LogP contribution in [0.1, 0.15) is 13.3 Å². The third-order valence-corrected chi connectivity index (χ3v) is 3.10. The fourth-order valence-corrected chi connectivity index (χ4v) is 2.41. The molecule has 0 spiro atoms. The Morgan fingerprint density at radius 2 is 2.17 bits per heavy atom. The number of carboxylic acid groups (broad SMARTS) is 1. The first-order valence-corrected chi connectivity index (χ1v) is 5.45. The minimum Gasteiger partial charge on any atom is -0.480 e. The molecule has 0 aliphatic carbocycles. The topological polar surface area (TPSA) is 40.5 Å². The van der Waals surface area contributed by atoms with Gasteiger partial charge in [0.05, 0.1) is 0 Å². The van der Waals surface area contributed by atoms with E-state index in [9.17, 15) is 4.79 Å². The number of thioether (sulfide) groups is 1. The maximum Gasteiger partial charge on any atom is 0.320 e. The molecule has 0 aromatic rings. The number of aliphatic carboxylic acids is 1. The summed E-state index contributed by atoms with van der Waals surface area (Å²) in [5.41, 5.74) is 0. The maximum absolute atomic E-state index is 10.8. The first kappa shape index (κ1) is 9.86. The minimum atomic E-state index is -0.676. The molecule has 0 amide bonds. The van der Waals surface area contributed by atoms with E-state index in [0.717, 1.165) is 24.6 Å². The van der Waals surface area contributed by atoms with Crippen LogP contribution >= 0.6 is 11.8 Å². The predicted octanol–water partition coefficient (Wildman–Crippen LogP) is 0.898. The van der Waals surface area contributed by atoms with E-state index in [4.69, 9.17) is 5.11 Å². The highest BCUT2D eigenvalue weighted by molar-refractivity contribution is 7.99. The van der Waals surface area contributed by atoms with Gasteiger partial charge < -0.3 is 5.11 Å². The lowest BCUT2D eigenvalue weighted by Crippen LogP contribution is -2.45. The largest absolute Gasteiger partial charge is 0.480 e. The van der Waals surface area contributed by atoms with Crippen LogP contribution < -0.4 is 0 Å². The smallest absolute Gasteiger partial charge is 0.320 e. The number of carboxylic acids is 1. The summed E-state index contributed by atoms with van der Waals surface area (Å²) in [4.78, 5) is 12.8. The fourth-order valence-electron chi connectivity index (χ4n) is 1.48. The Labute approximate surface area is 77.1 Å². The molecule has 0 radical (unpaired) electrons. The highest BCUT2D eigenvalue weighted by Gasteiger charge is 2.24. The summed E-state index contributed by atoms with van der Waals surface area (Å²) in [5, 5.41) is 8.88. The number of rotatable bonds is 3. The van der Waals surface area contributed by atoms with E-state index in [2.05, 4.69) is 4.90 Å². The van der Waals surface area contributed by atoms with E-state index in [1.807, 2.05) is 18.7 Å². The third kappa shape index (κ3) is 2.38. The monoisotopic (exact) mass is 189 g/mol. The predicted molar refractivity (Wildman–Crippen MR) is 50.6 cm³/mol. The van der Waals surface area contributed by atoms with Gasteiger partial charge in [0.1, 0.15) is 6.04 Å². The van der Waals surface area contributed by atoms with Crippen molar-refractivity contribution in [2.45, 2.75) is 19.4 Å². The molecule has 12 heavy (non-hydrogen) atoms. The Bertz CT molecular complexity index is 157. The average Bonchev–Trinajstić information content (AvgIpc) is 2.07. The summed E-state index contributed by atoms with van der Waals surface area (Å²) < 4.78 is 0. The number of hydrogen-bond acceptors (Lipinski definition) is 3. The van der Waals surface area contributed by atoms with Gasteiger partial charge in [-0.1, -0.05) is 6.92 Å². The van der Waals surface area contributed by atoms with Gasteiger partial charge in [0.25, 0.3) is 0 Å². The quantitative estimate of drug-likeness (QED) is 0.716. The minimum absolute atomic E-state index is 0.258. The van der Waals surface area contributed by atoms with Crippen LogP contribution in [0, 0.1) is 0 Å². The van der Waals surface area contributed by atoms with Gasteiger partial charge >= 0.3 is 5.97 Å². The second kappa shape index (κ2) is 4.72. The Morgan fingerprint density at radius 1 is 1.58 bits per heavy atom. The van der Waals surface area contributed by atoms with E-state index < -0.39 is 5.97 Å². The lowest BCUT2D eigenvalue weighted by atomic mass is 10.2. The van der Waals surface area contributed by atoms with Gasteiger partial charge in [-0.2, -0.15) is 11.8 Å². The molecule has 0 aromatic carbocycles. The van der Waals surface area contributed by atoms with E-state index >= 15 is 0 Å². The SMILES string of the molecule is CCC(C(=O)O)N1CCSCC1. The van der Waals surface area contributed by atoms with Crippen molar-refractivity contribution < 1.29 is 9.90 Å². The molecule has 70 valence electrons. The molecule has 1 unspecified atom stereocenters. The maximum atomic E-state index is 10.8. The summed E-state index contributed by atoms with van der Waals surface area (Å²) >= 11 is 1.90. The molecule has 0 aromatic heterocycles. The van der Waals surface area contributed by atoms with E-state index in [0.29, 0.717) is 6.42 Å². The number of nitrogens with zero attached hydrogens (tertiary/aromatic N) is 1. The summed E-state index contributed by atoms with van der Waals surface area (Å²) in [6.45, 7) is 3.78. The molecule has 1 fully saturated rings. The van der Waals surface area contributed by atoms with Crippen molar-refractivity contribution in [2.24, 2.45) is 0 Å². The van der Waals surface area contributed by atoms with Crippen molar-refractivity contribution >= 4 is 17.7 Å². The molecule has 1 aliphatic heterocycles. The standard InChI is InChI=1S/C8H15NO2S/c1-2-7(8(10)11)9-3-5-12-6-4-9/h7H,2-6H2,1H3,(H,10,11). The van der Waals surface area contributed by atoms with Crippen LogP contribution in [0.2, 0.25) is 0 Å². The van der Waals surface area contributed by atoms with Crippen LogP contribution in [0.3, 0.4) is 0 Å². The molecular weight excluding hydrogens is 174 g/mol. The molecule has 1 rings (SSSR count). The fraction of sp³-hybridized carbons (Fsp3) is 0.875. The van der Waals surface area contributed by atoms with Gasteiger partial charge in [-0.05, 0) is 6.42 Å². The van der Waals surface area contributed by atoms with E-state index in [1.165, 1.54) is 0 Å². The summed E-state index contributed by atoms with van der Waals surface area (Å²) in [7, 11) is 0. The summed E-state index contributed by atoms with van der Waals surface area (Å²) in [5.74, 6) is 1.47. The molecule has 1 heterocycles. The first-order chi connectivity index (χ1) is 5.75. The average molecular weight is 189 g/mol. The van der Waals surface area contributed by atoms with E-state index in [-0.39, 0.29) is 6.04 Å². The second-order valence-corrected chi connectivity index (χ2v) is 4.14. The lowest BCUT2D eigenvalue weighted by Gasteiger charge is -2.30. The van der Waals surface area contributed by atoms with Crippen molar-refractivity contribution in [3.8, 4) is 0 Å². The van der Waals surface area contributed by atoms with Crippen LogP contribution in [0.4, 0.5) is 0 Å². The van der Waals surface area contributed by atoms with Crippen molar-refractivity contribution in [3.05, 3.63) is 0 Å². The molecule has 1 atom stereocenters. The molecule has 0 saturated carbocycles. The lowest BCUT2D eigenvalue weighted by molar-refractivity contribution is -0.143. The van der Waals surface area contributed by atoms with Gasteiger partial charge in [-0.25, -0.2) is 0 Å². The van der Waals surface area contributed by atoms with Crippen molar-refractivity contribution in [2.75, 3.05) is 24.6 Å². The Balaban J connectivity index is 2.46. The van der Waals surface area contributed by atoms with Crippen LogP contribution in [-0.2, 0) is 4.79 Å². The molecular formula is C8H15NO2S. The molecule has 1 saturated heterocycles. The van der Waals surface area contributed by atoms with Gasteiger partial charge in [0.2, 0.25) is 0 Å². The molecule has 3 nitrogen and oxygen atoms in total. The van der Waals surface area contributed by atoms with Crippen LogP contribution in [0.5, 0.6) is 0 Å². The zero-order chi connectivity index (χ0) is 8.97. The van der Waals surface area contributed by atoms with Crippen molar-refractivity contribution in [1.29, 1.82) is 0 Å². The van der Waals surface area contributed by atoms with Crippen LogP contribution in [0.15, 0.2) is 0 Å². The van der Waals surface area contributed by atoms with Crippen LogP contribution in [-0.4, -0.2) is 46.6 Å². The Hall–Kier alpha value is -0.220. The number of carbonyl (C=O) groups is 1. The van der Waals surface area contributed by atoms with Crippen molar-refractivity contribution in [3.63, 3.8) is 0 Å². The summed E-state index contributed by atoms with van der Waals surface area (Å²) in [6, 6.07) is -0.258. The molecule has 4 heteroatoms. The molecule has 0 bridgehead atoms. The van der Waals surface area contributed by atoms with Gasteiger partial charge in [-0.15, -0.1) is 0 Å². The van der Waals surface area contributed by atoms with E-state index in [1.54, 1.807) is 0 Å². The molecule has 1 N–H and O–H groups in total. The first-order valence-electron chi connectivity index (χ1n) is 4.30. The number of hydrogen-bond donors (Lipinski definition) is 1. The normalized spacial score (nSPS) is 22.1. The van der Waals surface area contributed by atoms with Gasteiger partial charge in [0, 0.05) is 24.6 Å². The van der Waals surface area contributed by atoms with Crippen LogP contribution in [0.25, 0.3) is 0 Å².